The number of piperidine rings is 1. The van der Waals surface area contributed by atoms with Crippen molar-refractivity contribution in [1.29, 1.82) is 0 Å². The second-order valence-electron chi connectivity index (χ2n) is 7.23. The van der Waals surface area contributed by atoms with Crippen LogP contribution < -0.4 is 10.2 Å². The van der Waals surface area contributed by atoms with E-state index in [1.807, 2.05) is 17.8 Å². The summed E-state index contributed by atoms with van der Waals surface area (Å²) in [4.78, 5) is 15.6. The van der Waals surface area contributed by atoms with Crippen molar-refractivity contribution >= 4 is 11.8 Å². The highest BCUT2D eigenvalue weighted by molar-refractivity contribution is 5.46. The minimum Gasteiger partial charge on any atom is -0.388 e. The van der Waals surface area contributed by atoms with Gasteiger partial charge in [0.2, 0.25) is 5.95 Å². The van der Waals surface area contributed by atoms with E-state index < -0.39 is 5.60 Å². The summed E-state index contributed by atoms with van der Waals surface area (Å²) in [5.41, 5.74) is 0.342. The second-order valence-corrected chi connectivity index (χ2v) is 7.23. The quantitative estimate of drug-likeness (QED) is 0.831. The summed E-state index contributed by atoms with van der Waals surface area (Å²) >= 11 is 0. The zero-order chi connectivity index (χ0) is 18.0. The van der Waals surface area contributed by atoms with Crippen LogP contribution in [0.2, 0.25) is 0 Å². The Labute approximate surface area is 153 Å². The van der Waals surface area contributed by atoms with Crippen LogP contribution in [0.4, 0.5) is 11.8 Å². The number of nitrogens with zero attached hydrogens (tertiary/aromatic N) is 5. The monoisotopic (exact) mass is 358 g/mol. The van der Waals surface area contributed by atoms with E-state index in [0.29, 0.717) is 31.3 Å². The Bertz CT molecular complexity index is 721. The SMILES string of the molecule is CNc1nc(C2CCOC2)cc(N2CCC(O)(Cn3ccnc3)CC2)n1. The Morgan fingerprint density at radius 3 is 2.85 bits per heavy atom. The van der Waals surface area contributed by atoms with Crippen LogP contribution in [0.5, 0.6) is 0 Å². The molecule has 4 heterocycles. The van der Waals surface area contributed by atoms with Gasteiger partial charge in [-0.1, -0.05) is 0 Å². The highest BCUT2D eigenvalue weighted by atomic mass is 16.5. The van der Waals surface area contributed by atoms with E-state index in [2.05, 4.69) is 31.2 Å². The minimum atomic E-state index is -0.696. The molecule has 0 saturated carbocycles. The maximum Gasteiger partial charge on any atom is 0.224 e. The zero-order valence-corrected chi connectivity index (χ0v) is 15.1. The first-order chi connectivity index (χ1) is 12.6. The smallest absolute Gasteiger partial charge is 0.224 e. The summed E-state index contributed by atoms with van der Waals surface area (Å²) in [5.74, 6) is 1.91. The second kappa shape index (κ2) is 7.20. The topological polar surface area (TPSA) is 88.3 Å². The molecular formula is C18H26N6O2. The number of ether oxygens (including phenoxy) is 1. The van der Waals surface area contributed by atoms with Crippen molar-refractivity contribution in [1.82, 2.24) is 19.5 Å². The summed E-state index contributed by atoms with van der Waals surface area (Å²) in [6, 6.07) is 2.08. The van der Waals surface area contributed by atoms with E-state index in [9.17, 15) is 5.11 Å². The van der Waals surface area contributed by atoms with Gasteiger partial charge in [-0.3, -0.25) is 0 Å². The van der Waals surface area contributed by atoms with Crippen LogP contribution in [-0.4, -0.2) is 63.6 Å². The lowest BCUT2D eigenvalue weighted by molar-refractivity contribution is -0.000178. The third-order valence-electron chi connectivity index (χ3n) is 5.36. The van der Waals surface area contributed by atoms with Gasteiger partial charge in [-0.2, -0.15) is 4.98 Å². The van der Waals surface area contributed by atoms with E-state index >= 15 is 0 Å². The molecule has 26 heavy (non-hydrogen) atoms. The van der Waals surface area contributed by atoms with Crippen molar-refractivity contribution in [2.75, 3.05) is 43.6 Å². The summed E-state index contributed by atoms with van der Waals surface area (Å²) in [6.45, 7) is 3.64. The van der Waals surface area contributed by atoms with Crippen LogP contribution in [0.15, 0.2) is 24.8 Å². The highest BCUT2D eigenvalue weighted by Crippen LogP contribution is 2.30. The van der Waals surface area contributed by atoms with Crippen LogP contribution in [0.1, 0.15) is 30.9 Å². The van der Waals surface area contributed by atoms with Crippen molar-refractivity contribution in [2.24, 2.45) is 0 Å². The lowest BCUT2D eigenvalue weighted by Gasteiger charge is -2.39. The highest BCUT2D eigenvalue weighted by Gasteiger charge is 2.33. The number of hydrogen-bond acceptors (Lipinski definition) is 7. The van der Waals surface area contributed by atoms with Gasteiger partial charge in [0.05, 0.1) is 30.8 Å². The molecule has 0 aliphatic carbocycles. The van der Waals surface area contributed by atoms with Gasteiger partial charge in [0.1, 0.15) is 5.82 Å². The van der Waals surface area contributed by atoms with Crippen LogP contribution in [0.25, 0.3) is 0 Å². The average molecular weight is 358 g/mol. The molecule has 0 spiro atoms. The number of nitrogens with one attached hydrogen (secondary N) is 1. The fraction of sp³-hybridized carbons (Fsp3) is 0.611. The van der Waals surface area contributed by atoms with Gasteiger partial charge in [0.25, 0.3) is 0 Å². The van der Waals surface area contributed by atoms with Crippen molar-refractivity contribution in [3.05, 3.63) is 30.5 Å². The molecule has 1 unspecified atom stereocenters. The van der Waals surface area contributed by atoms with E-state index in [1.165, 1.54) is 0 Å². The molecule has 2 aromatic rings. The largest absolute Gasteiger partial charge is 0.388 e. The molecule has 0 bridgehead atoms. The Hall–Kier alpha value is -2.19. The van der Waals surface area contributed by atoms with Crippen LogP contribution in [0, 0.1) is 0 Å². The molecule has 0 aromatic carbocycles. The molecule has 2 saturated heterocycles. The number of aromatic nitrogens is 4. The standard InChI is InChI=1S/C18H26N6O2/c1-19-17-21-15(14-2-9-26-11-14)10-16(22-17)24-6-3-18(25,4-7-24)12-23-8-5-20-13-23/h5,8,10,13-14,25H,2-4,6-7,9,11-12H2,1H3,(H,19,21,22). The van der Waals surface area contributed by atoms with Gasteiger partial charge in [-0.15, -0.1) is 0 Å². The summed E-state index contributed by atoms with van der Waals surface area (Å²) in [5, 5.41) is 14.0. The molecule has 2 aliphatic heterocycles. The fourth-order valence-electron chi connectivity index (χ4n) is 3.73. The molecule has 0 amide bonds. The normalized spacial score (nSPS) is 22.5. The lowest BCUT2D eigenvalue weighted by atomic mass is 9.91. The van der Waals surface area contributed by atoms with E-state index in [4.69, 9.17) is 4.74 Å². The third kappa shape index (κ3) is 3.66. The summed E-state index contributed by atoms with van der Waals surface area (Å²) in [7, 11) is 1.84. The predicted octanol–water partition coefficient (Wildman–Crippen LogP) is 1.25. The fourth-order valence-corrected chi connectivity index (χ4v) is 3.73. The molecule has 8 heteroatoms. The Morgan fingerprint density at radius 2 is 2.19 bits per heavy atom. The van der Waals surface area contributed by atoms with Crippen molar-refractivity contribution < 1.29 is 9.84 Å². The van der Waals surface area contributed by atoms with Crippen LogP contribution in [0.3, 0.4) is 0 Å². The molecule has 2 aliphatic rings. The summed E-state index contributed by atoms with van der Waals surface area (Å²) < 4.78 is 7.45. The van der Waals surface area contributed by atoms with Gasteiger partial charge in [0, 0.05) is 51.1 Å². The Morgan fingerprint density at radius 1 is 1.35 bits per heavy atom. The van der Waals surface area contributed by atoms with Gasteiger partial charge >= 0.3 is 0 Å². The number of imidazole rings is 1. The molecule has 4 rings (SSSR count). The minimum absolute atomic E-state index is 0.340. The van der Waals surface area contributed by atoms with E-state index in [1.54, 1.807) is 12.5 Å². The molecule has 0 radical (unpaired) electrons. The first kappa shape index (κ1) is 17.2. The average Bonchev–Trinajstić information content (AvgIpc) is 3.35. The number of aliphatic hydroxyl groups is 1. The van der Waals surface area contributed by atoms with Crippen molar-refractivity contribution in [3.8, 4) is 0 Å². The molecule has 8 nitrogen and oxygen atoms in total. The first-order valence-corrected chi connectivity index (χ1v) is 9.23. The zero-order valence-electron chi connectivity index (χ0n) is 15.1. The number of rotatable bonds is 5. The molecule has 2 aromatic heterocycles. The Kier molecular flexibility index (Phi) is 4.78. The van der Waals surface area contributed by atoms with Gasteiger partial charge in [-0.25, -0.2) is 9.97 Å². The molecule has 2 N–H and O–H groups in total. The van der Waals surface area contributed by atoms with Crippen LogP contribution in [-0.2, 0) is 11.3 Å². The maximum absolute atomic E-state index is 10.9. The van der Waals surface area contributed by atoms with Gasteiger partial charge in [0.15, 0.2) is 0 Å². The van der Waals surface area contributed by atoms with Crippen molar-refractivity contribution in [3.63, 3.8) is 0 Å². The van der Waals surface area contributed by atoms with Gasteiger partial charge < -0.3 is 24.6 Å². The summed E-state index contributed by atoms with van der Waals surface area (Å²) in [6.07, 6.45) is 7.79. The first-order valence-electron chi connectivity index (χ1n) is 9.23. The predicted molar refractivity (Wildman–Crippen MR) is 98.4 cm³/mol. The van der Waals surface area contributed by atoms with Crippen LogP contribution >= 0.6 is 0 Å². The number of hydrogen-bond donors (Lipinski definition) is 2. The van der Waals surface area contributed by atoms with Crippen molar-refractivity contribution in [2.45, 2.75) is 37.3 Å². The van der Waals surface area contributed by atoms with E-state index in [-0.39, 0.29) is 0 Å². The molecule has 140 valence electrons. The third-order valence-corrected chi connectivity index (χ3v) is 5.36. The van der Waals surface area contributed by atoms with Gasteiger partial charge in [-0.05, 0) is 19.3 Å². The molecule has 1 atom stereocenters. The lowest BCUT2D eigenvalue weighted by Crippen LogP contribution is -2.47. The Balaban J connectivity index is 1.47. The molecular weight excluding hydrogens is 332 g/mol. The number of anilines is 2. The van der Waals surface area contributed by atoms with E-state index in [0.717, 1.165) is 44.2 Å². The maximum atomic E-state index is 10.9. The molecule has 2 fully saturated rings.